The maximum Gasteiger partial charge on any atom is 0.250 e. The van der Waals surface area contributed by atoms with Crippen LogP contribution in [0.1, 0.15) is 24.6 Å². The summed E-state index contributed by atoms with van der Waals surface area (Å²) in [5, 5.41) is 8.96. The summed E-state index contributed by atoms with van der Waals surface area (Å²) in [4.78, 5) is 0.639. The molecule has 102 valence electrons. The predicted molar refractivity (Wildman–Crippen MR) is 69.0 cm³/mol. The van der Waals surface area contributed by atoms with Crippen molar-refractivity contribution in [3.05, 3.63) is 17.0 Å². The number of ether oxygens (including phenoxy) is 1. The van der Waals surface area contributed by atoms with Gasteiger partial charge in [0.25, 0.3) is 10.0 Å². The van der Waals surface area contributed by atoms with Gasteiger partial charge < -0.3 is 9.84 Å². The molecule has 1 aromatic rings. The standard InChI is InChI=1S/C11H17NO4S2/c1-11(5-2-6-16-8-11)12-18(14,15)10-4-3-9(7-13)17-10/h3-4,12-13H,2,5-8H2,1H3. The maximum absolute atomic E-state index is 12.2. The Labute approximate surface area is 111 Å². The summed E-state index contributed by atoms with van der Waals surface area (Å²) in [5.41, 5.74) is -0.541. The van der Waals surface area contributed by atoms with Crippen LogP contribution in [0.25, 0.3) is 0 Å². The molecule has 0 amide bonds. The summed E-state index contributed by atoms with van der Waals surface area (Å²) < 4.78 is 32.7. The molecule has 1 unspecified atom stereocenters. The van der Waals surface area contributed by atoms with Crippen molar-refractivity contribution < 1.29 is 18.3 Å². The third kappa shape index (κ3) is 3.10. The fourth-order valence-corrected chi connectivity index (χ4v) is 4.61. The second-order valence-corrected chi connectivity index (χ2v) is 7.78. The highest BCUT2D eigenvalue weighted by Gasteiger charge is 2.33. The normalized spacial score (nSPS) is 25.2. The van der Waals surface area contributed by atoms with Gasteiger partial charge in [-0.15, -0.1) is 11.3 Å². The third-order valence-electron chi connectivity index (χ3n) is 2.88. The van der Waals surface area contributed by atoms with Gasteiger partial charge in [0.2, 0.25) is 0 Å². The molecular formula is C11H17NO4S2. The SMILES string of the molecule is CC1(NS(=O)(=O)c2ccc(CO)s2)CCCOC1. The molecule has 1 atom stereocenters. The van der Waals surface area contributed by atoms with E-state index in [9.17, 15) is 8.42 Å². The number of sulfonamides is 1. The molecule has 0 bridgehead atoms. The maximum atomic E-state index is 12.2. The van der Waals surface area contributed by atoms with Gasteiger partial charge in [0.1, 0.15) is 4.21 Å². The molecule has 0 saturated carbocycles. The summed E-state index contributed by atoms with van der Waals surface area (Å²) in [6.07, 6.45) is 1.62. The quantitative estimate of drug-likeness (QED) is 0.870. The van der Waals surface area contributed by atoms with E-state index in [0.29, 0.717) is 18.1 Å². The number of aliphatic hydroxyl groups excluding tert-OH is 1. The van der Waals surface area contributed by atoms with E-state index in [1.807, 2.05) is 6.92 Å². The predicted octanol–water partition coefficient (Wildman–Crippen LogP) is 1.09. The molecule has 1 fully saturated rings. The van der Waals surface area contributed by atoms with Crippen LogP contribution >= 0.6 is 11.3 Å². The molecule has 0 spiro atoms. The summed E-state index contributed by atoms with van der Waals surface area (Å²) in [6, 6.07) is 3.14. The fourth-order valence-electron chi connectivity index (χ4n) is 1.98. The Kier molecular flexibility index (Phi) is 4.08. The van der Waals surface area contributed by atoms with Gasteiger partial charge in [-0.05, 0) is 31.9 Å². The number of thiophene rings is 1. The van der Waals surface area contributed by atoms with Crippen molar-refractivity contribution in [2.45, 2.75) is 36.1 Å². The van der Waals surface area contributed by atoms with Gasteiger partial charge in [-0.3, -0.25) is 0 Å². The zero-order valence-electron chi connectivity index (χ0n) is 10.2. The van der Waals surface area contributed by atoms with Gasteiger partial charge in [0.05, 0.1) is 18.8 Å². The first kappa shape index (κ1) is 14.0. The van der Waals surface area contributed by atoms with Gasteiger partial charge in [-0.25, -0.2) is 13.1 Å². The molecule has 1 saturated heterocycles. The third-order valence-corrected chi connectivity index (χ3v) is 6.08. The second kappa shape index (κ2) is 5.26. The van der Waals surface area contributed by atoms with Crippen LogP contribution < -0.4 is 4.72 Å². The van der Waals surface area contributed by atoms with Crippen LogP contribution in [-0.4, -0.2) is 32.3 Å². The molecule has 2 heterocycles. The molecule has 18 heavy (non-hydrogen) atoms. The van der Waals surface area contributed by atoms with Crippen molar-refractivity contribution in [3.8, 4) is 0 Å². The first-order valence-corrected chi connectivity index (χ1v) is 8.06. The number of hydrogen-bond acceptors (Lipinski definition) is 5. The van der Waals surface area contributed by atoms with Crippen molar-refractivity contribution in [1.29, 1.82) is 0 Å². The number of aliphatic hydroxyl groups is 1. The van der Waals surface area contributed by atoms with E-state index in [-0.39, 0.29) is 10.8 Å². The van der Waals surface area contributed by atoms with Gasteiger partial charge in [0.15, 0.2) is 0 Å². The number of nitrogens with one attached hydrogen (secondary N) is 1. The van der Waals surface area contributed by atoms with E-state index in [2.05, 4.69) is 4.72 Å². The van der Waals surface area contributed by atoms with Crippen molar-refractivity contribution in [3.63, 3.8) is 0 Å². The summed E-state index contributed by atoms with van der Waals surface area (Å²) in [5.74, 6) is 0. The Balaban J connectivity index is 2.16. The molecule has 2 N–H and O–H groups in total. The van der Waals surface area contributed by atoms with Crippen molar-refractivity contribution in [1.82, 2.24) is 4.72 Å². The molecule has 1 aliphatic rings. The molecule has 7 heteroatoms. The van der Waals surface area contributed by atoms with Crippen LogP contribution in [0.2, 0.25) is 0 Å². The van der Waals surface area contributed by atoms with Crippen LogP contribution in [-0.2, 0) is 21.4 Å². The smallest absolute Gasteiger partial charge is 0.250 e. The Morgan fingerprint density at radius 3 is 2.89 bits per heavy atom. The highest BCUT2D eigenvalue weighted by atomic mass is 32.2. The lowest BCUT2D eigenvalue weighted by atomic mass is 9.97. The lowest BCUT2D eigenvalue weighted by Crippen LogP contribution is -2.51. The largest absolute Gasteiger partial charge is 0.391 e. The highest BCUT2D eigenvalue weighted by Crippen LogP contribution is 2.25. The van der Waals surface area contributed by atoms with Crippen LogP contribution in [0.5, 0.6) is 0 Å². The lowest BCUT2D eigenvalue weighted by Gasteiger charge is -2.33. The zero-order valence-corrected chi connectivity index (χ0v) is 11.8. The van der Waals surface area contributed by atoms with E-state index in [1.165, 1.54) is 6.07 Å². The van der Waals surface area contributed by atoms with Crippen molar-refractivity contribution >= 4 is 21.4 Å². The topological polar surface area (TPSA) is 75.6 Å². The molecule has 0 aliphatic carbocycles. The van der Waals surface area contributed by atoms with Gasteiger partial charge in [-0.1, -0.05) is 0 Å². The molecule has 0 radical (unpaired) electrons. The average Bonchev–Trinajstić information content (AvgIpc) is 2.77. The van der Waals surface area contributed by atoms with Gasteiger partial charge >= 0.3 is 0 Å². The van der Waals surface area contributed by atoms with Crippen LogP contribution in [0.4, 0.5) is 0 Å². The molecule has 0 aromatic carbocycles. The zero-order chi connectivity index (χ0) is 13.2. The Hall–Kier alpha value is -0.470. The molecule has 1 aliphatic heterocycles. The Morgan fingerprint density at radius 2 is 2.33 bits per heavy atom. The molecule has 2 rings (SSSR count). The minimum absolute atomic E-state index is 0.138. The van der Waals surface area contributed by atoms with Gasteiger partial charge in [-0.2, -0.15) is 0 Å². The van der Waals surface area contributed by atoms with E-state index in [4.69, 9.17) is 9.84 Å². The van der Waals surface area contributed by atoms with E-state index >= 15 is 0 Å². The monoisotopic (exact) mass is 291 g/mol. The van der Waals surface area contributed by atoms with E-state index < -0.39 is 15.6 Å². The first-order valence-electron chi connectivity index (χ1n) is 5.76. The molecule has 5 nitrogen and oxygen atoms in total. The van der Waals surface area contributed by atoms with Crippen LogP contribution in [0.3, 0.4) is 0 Å². The summed E-state index contributed by atoms with van der Waals surface area (Å²) in [7, 11) is -3.53. The minimum atomic E-state index is -3.53. The number of rotatable bonds is 4. The highest BCUT2D eigenvalue weighted by molar-refractivity contribution is 7.91. The van der Waals surface area contributed by atoms with Crippen LogP contribution in [0, 0.1) is 0 Å². The van der Waals surface area contributed by atoms with Gasteiger partial charge in [0, 0.05) is 11.5 Å². The molecule has 1 aromatic heterocycles. The van der Waals surface area contributed by atoms with Crippen molar-refractivity contribution in [2.75, 3.05) is 13.2 Å². The second-order valence-electron chi connectivity index (χ2n) is 4.70. The minimum Gasteiger partial charge on any atom is -0.391 e. The average molecular weight is 291 g/mol. The Bertz CT molecular complexity index is 503. The van der Waals surface area contributed by atoms with E-state index in [0.717, 1.165) is 24.2 Å². The summed E-state index contributed by atoms with van der Waals surface area (Å²) in [6.45, 7) is 2.79. The van der Waals surface area contributed by atoms with Crippen molar-refractivity contribution in [2.24, 2.45) is 0 Å². The Morgan fingerprint density at radius 1 is 1.56 bits per heavy atom. The summed E-state index contributed by atoms with van der Waals surface area (Å²) >= 11 is 1.09. The number of hydrogen-bond donors (Lipinski definition) is 2. The molecular weight excluding hydrogens is 274 g/mol. The fraction of sp³-hybridized carbons (Fsp3) is 0.636. The van der Waals surface area contributed by atoms with Crippen LogP contribution in [0.15, 0.2) is 16.3 Å². The van der Waals surface area contributed by atoms with E-state index in [1.54, 1.807) is 6.07 Å². The first-order chi connectivity index (χ1) is 8.45. The lowest BCUT2D eigenvalue weighted by molar-refractivity contribution is 0.0387.